The van der Waals surface area contributed by atoms with E-state index in [0.29, 0.717) is 11.4 Å². The number of unbranched alkanes of at least 4 members (excludes halogenated alkanes) is 1. The van der Waals surface area contributed by atoms with Crippen molar-refractivity contribution in [3.63, 3.8) is 0 Å². The quantitative estimate of drug-likeness (QED) is 0.594. The number of thiazole rings is 1. The first-order chi connectivity index (χ1) is 12.4. The first-order valence-electron chi connectivity index (χ1n) is 8.57. The van der Waals surface area contributed by atoms with Crippen LogP contribution in [0.2, 0.25) is 0 Å². The number of urea groups is 1. The molecule has 1 aliphatic heterocycles. The van der Waals surface area contributed by atoms with E-state index in [1.807, 2.05) is 31.2 Å². The standard InChI is InChI=1S/C18H21N3O4S/c1-3-4-9-18(2)16(23)21(17(24)20-18)10-15(22)25-11-14-19-12-7-5-6-8-13(12)26-14/h5-8H,3-4,9-11H2,1-2H3,(H,20,24)/t18-/m0/s1. The highest BCUT2D eigenvalue weighted by atomic mass is 32.1. The lowest BCUT2D eigenvalue weighted by atomic mass is 9.95. The minimum atomic E-state index is -0.944. The van der Waals surface area contributed by atoms with Crippen LogP contribution < -0.4 is 5.32 Å². The summed E-state index contributed by atoms with van der Waals surface area (Å²) in [7, 11) is 0. The molecule has 0 radical (unpaired) electrons. The number of nitrogens with one attached hydrogen (secondary N) is 1. The highest BCUT2D eigenvalue weighted by Gasteiger charge is 2.47. The van der Waals surface area contributed by atoms with E-state index >= 15 is 0 Å². The Labute approximate surface area is 155 Å². The average molecular weight is 375 g/mol. The first-order valence-corrected chi connectivity index (χ1v) is 9.39. The maximum Gasteiger partial charge on any atom is 0.326 e. The van der Waals surface area contributed by atoms with Crippen LogP contribution in [-0.2, 0) is 20.9 Å². The lowest BCUT2D eigenvalue weighted by Gasteiger charge is -2.20. The molecule has 3 rings (SSSR count). The predicted molar refractivity (Wildman–Crippen MR) is 97.6 cm³/mol. The van der Waals surface area contributed by atoms with Crippen molar-refractivity contribution in [3.8, 4) is 0 Å². The van der Waals surface area contributed by atoms with Crippen LogP contribution in [0.3, 0.4) is 0 Å². The van der Waals surface area contributed by atoms with Gasteiger partial charge in [-0.05, 0) is 25.5 Å². The first kappa shape index (κ1) is 18.3. The van der Waals surface area contributed by atoms with E-state index in [1.165, 1.54) is 11.3 Å². The van der Waals surface area contributed by atoms with Crippen molar-refractivity contribution in [1.29, 1.82) is 0 Å². The number of imide groups is 1. The van der Waals surface area contributed by atoms with E-state index in [1.54, 1.807) is 6.92 Å². The molecule has 0 spiro atoms. The Morgan fingerprint density at radius 3 is 2.85 bits per heavy atom. The number of carbonyl (C=O) groups is 3. The van der Waals surface area contributed by atoms with Gasteiger partial charge in [0.1, 0.15) is 23.7 Å². The van der Waals surface area contributed by atoms with Crippen molar-refractivity contribution >= 4 is 39.5 Å². The minimum absolute atomic E-state index is 0.0228. The summed E-state index contributed by atoms with van der Waals surface area (Å²) in [5.41, 5.74) is -0.0928. The van der Waals surface area contributed by atoms with Gasteiger partial charge in [0.15, 0.2) is 0 Å². The summed E-state index contributed by atoms with van der Waals surface area (Å²) >= 11 is 1.44. The number of hydrogen-bond acceptors (Lipinski definition) is 6. The molecule has 1 N–H and O–H groups in total. The van der Waals surface area contributed by atoms with E-state index in [0.717, 1.165) is 28.0 Å². The Kier molecular flexibility index (Phi) is 5.22. The van der Waals surface area contributed by atoms with E-state index in [-0.39, 0.29) is 12.5 Å². The Bertz CT molecular complexity index is 817. The van der Waals surface area contributed by atoms with Crippen LogP contribution in [0.15, 0.2) is 24.3 Å². The van der Waals surface area contributed by atoms with E-state index in [2.05, 4.69) is 10.3 Å². The van der Waals surface area contributed by atoms with Gasteiger partial charge in [0, 0.05) is 0 Å². The summed E-state index contributed by atoms with van der Waals surface area (Å²) in [6, 6.07) is 7.10. The number of para-hydroxylation sites is 1. The van der Waals surface area contributed by atoms with Gasteiger partial charge in [-0.3, -0.25) is 14.5 Å². The molecule has 7 nitrogen and oxygen atoms in total. The molecule has 1 fully saturated rings. The van der Waals surface area contributed by atoms with Crippen LogP contribution in [0.25, 0.3) is 10.2 Å². The van der Waals surface area contributed by atoms with E-state index < -0.39 is 24.1 Å². The Morgan fingerprint density at radius 2 is 2.12 bits per heavy atom. The molecule has 1 aromatic carbocycles. The molecule has 1 saturated heterocycles. The number of aromatic nitrogens is 1. The molecule has 26 heavy (non-hydrogen) atoms. The van der Waals surface area contributed by atoms with Gasteiger partial charge in [0.25, 0.3) is 5.91 Å². The molecular formula is C18H21N3O4S. The predicted octanol–water partition coefficient (Wildman–Crippen LogP) is 2.84. The van der Waals surface area contributed by atoms with Crippen LogP contribution in [0.4, 0.5) is 4.79 Å². The minimum Gasteiger partial charge on any atom is -0.457 e. The second kappa shape index (κ2) is 7.41. The number of amides is 3. The van der Waals surface area contributed by atoms with Crippen molar-refractivity contribution < 1.29 is 19.1 Å². The second-order valence-corrected chi connectivity index (χ2v) is 7.61. The zero-order valence-corrected chi connectivity index (χ0v) is 15.6. The van der Waals surface area contributed by atoms with Gasteiger partial charge in [-0.2, -0.15) is 0 Å². The third-order valence-electron chi connectivity index (χ3n) is 4.36. The fourth-order valence-corrected chi connectivity index (χ4v) is 3.77. The molecule has 0 aliphatic carbocycles. The number of benzene rings is 1. The second-order valence-electron chi connectivity index (χ2n) is 6.49. The lowest BCUT2D eigenvalue weighted by Crippen LogP contribution is -2.44. The summed E-state index contributed by atoms with van der Waals surface area (Å²) in [5, 5.41) is 3.35. The smallest absolute Gasteiger partial charge is 0.326 e. The fraction of sp³-hybridized carbons (Fsp3) is 0.444. The highest BCUT2D eigenvalue weighted by molar-refractivity contribution is 7.18. The van der Waals surface area contributed by atoms with Crippen LogP contribution in [0, 0.1) is 0 Å². The molecule has 1 atom stereocenters. The van der Waals surface area contributed by atoms with Gasteiger partial charge in [-0.1, -0.05) is 31.9 Å². The number of ether oxygens (including phenoxy) is 1. The molecule has 0 unspecified atom stereocenters. The van der Waals surface area contributed by atoms with E-state index in [9.17, 15) is 14.4 Å². The molecule has 2 heterocycles. The summed E-state index contributed by atoms with van der Waals surface area (Å²) < 4.78 is 6.21. The molecule has 8 heteroatoms. The normalized spacial score (nSPS) is 19.8. The van der Waals surface area contributed by atoms with Crippen LogP contribution in [0.1, 0.15) is 38.1 Å². The van der Waals surface area contributed by atoms with Crippen molar-refractivity contribution in [2.75, 3.05) is 6.54 Å². The summed E-state index contributed by atoms with van der Waals surface area (Å²) in [6.07, 6.45) is 2.28. The number of carbonyl (C=O) groups excluding carboxylic acids is 3. The van der Waals surface area contributed by atoms with Gasteiger partial charge in [-0.15, -0.1) is 11.3 Å². The highest BCUT2D eigenvalue weighted by Crippen LogP contribution is 2.24. The number of rotatable bonds is 7. The van der Waals surface area contributed by atoms with Crippen LogP contribution in [0.5, 0.6) is 0 Å². The van der Waals surface area contributed by atoms with Crippen LogP contribution >= 0.6 is 11.3 Å². The molecule has 2 aromatic rings. The van der Waals surface area contributed by atoms with Crippen molar-refractivity contribution in [2.24, 2.45) is 0 Å². The molecular weight excluding hydrogens is 354 g/mol. The zero-order valence-electron chi connectivity index (χ0n) is 14.8. The lowest BCUT2D eigenvalue weighted by molar-refractivity contribution is -0.148. The number of nitrogens with zero attached hydrogens (tertiary/aromatic N) is 2. The Morgan fingerprint density at radius 1 is 1.35 bits per heavy atom. The van der Waals surface area contributed by atoms with Crippen molar-refractivity contribution in [1.82, 2.24) is 15.2 Å². The third-order valence-corrected chi connectivity index (χ3v) is 5.37. The van der Waals surface area contributed by atoms with E-state index in [4.69, 9.17) is 4.74 Å². The summed E-state index contributed by atoms with van der Waals surface area (Å²) in [6.45, 7) is 3.34. The summed E-state index contributed by atoms with van der Waals surface area (Å²) in [5.74, 6) is -1.01. The van der Waals surface area contributed by atoms with Gasteiger partial charge in [0.05, 0.1) is 10.2 Å². The average Bonchev–Trinajstić information content (AvgIpc) is 3.13. The molecule has 138 valence electrons. The monoisotopic (exact) mass is 375 g/mol. The molecule has 1 aliphatic rings. The molecule has 3 amide bonds. The van der Waals surface area contributed by atoms with Gasteiger partial charge in [0.2, 0.25) is 0 Å². The maximum absolute atomic E-state index is 12.5. The van der Waals surface area contributed by atoms with Gasteiger partial charge < -0.3 is 10.1 Å². The molecule has 0 saturated carbocycles. The van der Waals surface area contributed by atoms with Crippen LogP contribution in [-0.4, -0.2) is 39.9 Å². The fourth-order valence-electron chi connectivity index (χ4n) is 2.89. The molecule has 0 bridgehead atoms. The Balaban J connectivity index is 1.57. The van der Waals surface area contributed by atoms with Crippen molar-refractivity contribution in [2.45, 2.75) is 45.3 Å². The van der Waals surface area contributed by atoms with Gasteiger partial charge >= 0.3 is 12.0 Å². The van der Waals surface area contributed by atoms with Crippen molar-refractivity contribution in [3.05, 3.63) is 29.3 Å². The largest absolute Gasteiger partial charge is 0.457 e. The number of fused-ring (bicyclic) bond motifs is 1. The van der Waals surface area contributed by atoms with Gasteiger partial charge in [-0.25, -0.2) is 9.78 Å². The number of hydrogen-bond donors (Lipinski definition) is 1. The third kappa shape index (κ3) is 3.70. The topological polar surface area (TPSA) is 88.6 Å². The maximum atomic E-state index is 12.5. The number of esters is 1. The summed E-state index contributed by atoms with van der Waals surface area (Å²) in [4.78, 5) is 42.0. The molecule has 1 aromatic heterocycles. The zero-order chi connectivity index (χ0) is 18.7. The Hall–Kier alpha value is -2.48. The SMILES string of the molecule is CCCC[C@]1(C)NC(=O)N(CC(=O)OCc2nc3ccccc3s2)C1=O.